The molecule has 2 rings (SSSR count). The minimum atomic E-state index is -0.117. The van der Waals surface area contributed by atoms with Crippen LogP contribution in [0.3, 0.4) is 0 Å². The highest BCUT2D eigenvalue weighted by Gasteiger charge is 2.29. The summed E-state index contributed by atoms with van der Waals surface area (Å²) in [5.74, 6) is 0. The molecule has 2 N–H and O–H groups in total. The molecule has 0 aromatic heterocycles. The molecule has 1 aliphatic rings. The van der Waals surface area contributed by atoms with Crippen molar-refractivity contribution in [1.82, 2.24) is 10.6 Å². The fourth-order valence-electron chi connectivity index (χ4n) is 2.56. The lowest BCUT2D eigenvalue weighted by Crippen LogP contribution is -2.52. The molecule has 1 saturated heterocycles. The minimum Gasteiger partial charge on any atom is -0.381 e. The van der Waals surface area contributed by atoms with Gasteiger partial charge in [-0.25, -0.2) is 4.79 Å². The monoisotopic (exact) mass is 290 g/mol. The molecule has 1 unspecified atom stereocenters. The molecule has 116 valence electrons. The molecule has 0 saturated carbocycles. The largest absolute Gasteiger partial charge is 0.381 e. The van der Waals surface area contributed by atoms with Crippen molar-refractivity contribution >= 4 is 6.03 Å². The van der Waals surface area contributed by atoms with E-state index in [1.54, 1.807) is 0 Å². The first-order valence-electron chi connectivity index (χ1n) is 7.70. The van der Waals surface area contributed by atoms with E-state index in [2.05, 4.69) is 43.5 Å². The zero-order valence-corrected chi connectivity index (χ0v) is 13.2. The summed E-state index contributed by atoms with van der Waals surface area (Å²) < 4.78 is 5.30. The van der Waals surface area contributed by atoms with Gasteiger partial charge in [0.05, 0.1) is 0 Å². The van der Waals surface area contributed by atoms with Crippen molar-refractivity contribution < 1.29 is 9.53 Å². The number of ether oxygens (including phenoxy) is 1. The summed E-state index contributed by atoms with van der Waals surface area (Å²) in [6.45, 7) is 7.83. The lowest BCUT2D eigenvalue weighted by Gasteiger charge is -2.34. The van der Waals surface area contributed by atoms with Gasteiger partial charge in [-0.1, -0.05) is 44.2 Å². The Morgan fingerprint density at radius 2 is 1.86 bits per heavy atom. The van der Waals surface area contributed by atoms with Gasteiger partial charge < -0.3 is 15.4 Å². The molecular weight excluding hydrogens is 264 g/mol. The highest BCUT2D eigenvalue weighted by atomic mass is 16.5. The molecular formula is C17H26N2O2. The van der Waals surface area contributed by atoms with Gasteiger partial charge in [-0.05, 0) is 25.3 Å². The second-order valence-electron chi connectivity index (χ2n) is 6.31. The van der Waals surface area contributed by atoms with Crippen molar-refractivity contribution in [2.24, 2.45) is 0 Å². The second kappa shape index (κ2) is 6.94. The van der Waals surface area contributed by atoms with E-state index in [1.807, 2.05) is 18.2 Å². The fraction of sp³-hybridized carbons (Fsp3) is 0.588. The normalized spacial score (nSPS) is 18.0. The molecule has 0 aliphatic carbocycles. The molecule has 4 heteroatoms. The van der Waals surface area contributed by atoms with Crippen LogP contribution in [-0.4, -0.2) is 31.3 Å². The Kier molecular flexibility index (Phi) is 5.23. The Morgan fingerprint density at radius 1 is 1.24 bits per heavy atom. The van der Waals surface area contributed by atoms with Gasteiger partial charge in [0.2, 0.25) is 0 Å². The van der Waals surface area contributed by atoms with Crippen LogP contribution in [0.5, 0.6) is 0 Å². The van der Waals surface area contributed by atoms with E-state index < -0.39 is 0 Å². The third kappa shape index (κ3) is 4.21. The predicted molar refractivity (Wildman–Crippen MR) is 84.4 cm³/mol. The first kappa shape index (κ1) is 15.8. The predicted octanol–water partition coefficient (Wildman–Crippen LogP) is 2.83. The van der Waals surface area contributed by atoms with E-state index in [4.69, 9.17) is 4.74 Å². The maximum Gasteiger partial charge on any atom is 0.315 e. The van der Waals surface area contributed by atoms with Crippen LogP contribution in [0.25, 0.3) is 0 Å². The first-order valence-corrected chi connectivity index (χ1v) is 7.70. The number of carbonyl (C=O) groups is 1. The Labute approximate surface area is 127 Å². The van der Waals surface area contributed by atoms with Crippen molar-refractivity contribution in [3.05, 3.63) is 35.9 Å². The van der Waals surface area contributed by atoms with E-state index in [9.17, 15) is 4.79 Å². The van der Waals surface area contributed by atoms with Gasteiger partial charge in [-0.15, -0.1) is 0 Å². The van der Waals surface area contributed by atoms with Gasteiger partial charge in [0.1, 0.15) is 0 Å². The standard InChI is InChI=1S/C17H26N2O2/c1-13(17(2,3)14-7-5-4-6-8-14)18-16(20)19-15-9-11-21-12-10-15/h4-8,13,15H,9-12H2,1-3H3,(H2,18,19,20). The molecule has 1 aliphatic heterocycles. The minimum absolute atomic E-state index is 0.0414. The Bertz CT molecular complexity index is 453. The van der Waals surface area contributed by atoms with E-state index in [1.165, 1.54) is 5.56 Å². The van der Waals surface area contributed by atoms with Crippen LogP contribution in [0.15, 0.2) is 30.3 Å². The molecule has 1 atom stereocenters. The van der Waals surface area contributed by atoms with Gasteiger partial charge in [-0.3, -0.25) is 0 Å². The van der Waals surface area contributed by atoms with Crippen molar-refractivity contribution in [2.75, 3.05) is 13.2 Å². The molecule has 1 fully saturated rings. The Hall–Kier alpha value is -1.55. The summed E-state index contributed by atoms with van der Waals surface area (Å²) in [7, 11) is 0. The van der Waals surface area contributed by atoms with Gasteiger partial charge in [0.25, 0.3) is 0 Å². The number of hydrogen-bond acceptors (Lipinski definition) is 2. The maximum absolute atomic E-state index is 12.1. The lowest BCUT2D eigenvalue weighted by atomic mass is 9.78. The van der Waals surface area contributed by atoms with Crippen molar-refractivity contribution in [3.8, 4) is 0 Å². The van der Waals surface area contributed by atoms with Crippen molar-refractivity contribution in [3.63, 3.8) is 0 Å². The Morgan fingerprint density at radius 3 is 2.48 bits per heavy atom. The molecule has 1 aromatic rings. The number of rotatable bonds is 4. The molecule has 21 heavy (non-hydrogen) atoms. The van der Waals surface area contributed by atoms with Crippen LogP contribution in [0.4, 0.5) is 4.79 Å². The van der Waals surface area contributed by atoms with Crippen LogP contribution in [0, 0.1) is 0 Å². The van der Waals surface area contributed by atoms with Gasteiger partial charge >= 0.3 is 6.03 Å². The van der Waals surface area contributed by atoms with Crippen LogP contribution < -0.4 is 10.6 Å². The van der Waals surface area contributed by atoms with Crippen LogP contribution >= 0.6 is 0 Å². The lowest BCUT2D eigenvalue weighted by molar-refractivity contribution is 0.0798. The number of hydrogen-bond donors (Lipinski definition) is 2. The van der Waals surface area contributed by atoms with E-state index >= 15 is 0 Å². The zero-order valence-electron chi connectivity index (χ0n) is 13.2. The molecule has 2 amide bonds. The average molecular weight is 290 g/mol. The number of nitrogens with one attached hydrogen (secondary N) is 2. The molecule has 1 aromatic carbocycles. The van der Waals surface area contributed by atoms with Crippen LogP contribution in [0.1, 0.15) is 39.2 Å². The first-order chi connectivity index (χ1) is 10.00. The van der Waals surface area contributed by atoms with E-state index in [-0.39, 0.29) is 23.5 Å². The second-order valence-corrected chi connectivity index (χ2v) is 6.31. The van der Waals surface area contributed by atoms with Gasteiger partial charge in [0.15, 0.2) is 0 Å². The summed E-state index contributed by atoms with van der Waals surface area (Å²) in [5.41, 5.74) is 1.11. The SMILES string of the molecule is CC(NC(=O)NC1CCOCC1)C(C)(C)c1ccccc1. The summed E-state index contributed by atoms with van der Waals surface area (Å²) in [6, 6.07) is 10.5. The molecule has 1 heterocycles. The Balaban J connectivity index is 1.90. The molecule has 0 spiro atoms. The summed E-state index contributed by atoms with van der Waals surface area (Å²) in [4.78, 5) is 12.1. The molecule has 4 nitrogen and oxygen atoms in total. The third-order valence-corrected chi connectivity index (χ3v) is 4.50. The van der Waals surface area contributed by atoms with E-state index in [0.29, 0.717) is 0 Å². The summed E-state index contributed by atoms with van der Waals surface area (Å²) >= 11 is 0. The average Bonchev–Trinajstić information content (AvgIpc) is 2.49. The summed E-state index contributed by atoms with van der Waals surface area (Å²) in [5, 5.41) is 6.12. The topological polar surface area (TPSA) is 50.4 Å². The molecule has 0 radical (unpaired) electrons. The number of benzene rings is 1. The van der Waals surface area contributed by atoms with Crippen molar-refractivity contribution in [2.45, 2.75) is 51.1 Å². The van der Waals surface area contributed by atoms with Gasteiger partial charge in [-0.2, -0.15) is 0 Å². The van der Waals surface area contributed by atoms with Crippen LogP contribution in [-0.2, 0) is 10.2 Å². The maximum atomic E-state index is 12.1. The number of carbonyl (C=O) groups excluding carboxylic acids is 1. The fourth-order valence-corrected chi connectivity index (χ4v) is 2.56. The highest BCUT2D eigenvalue weighted by molar-refractivity contribution is 5.74. The van der Waals surface area contributed by atoms with E-state index in [0.717, 1.165) is 26.1 Å². The summed E-state index contributed by atoms with van der Waals surface area (Å²) in [6.07, 6.45) is 1.79. The number of amides is 2. The smallest absolute Gasteiger partial charge is 0.315 e. The molecule has 0 bridgehead atoms. The quantitative estimate of drug-likeness (QED) is 0.896. The van der Waals surface area contributed by atoms with Crippen LogP contribution in [0.2, 0.25) is 0 Å². The van der Waals surface area contributed by atoms with Gasteiger partial charge in [0, 0.05) is 30.7 Å². The highest BCUT2D eigenvalue weighted by Crippen LogP contribution is 2.26. The van der Waals surface area contributed by atoms with Crippen molar-refractivity contribution in [1.29, 1.82) is 0 Å². The number of urea groups is 1. The third-order valence-electron chi connectivity index (χ3n) is 4.50. The zero-order chi connectivity index (χ0) is 15.3.